The van der Waals surface area contributed by atoms with Crippen molar-refractivity contribution in [2.24, 2.45) is 5.92 Å². The lowest BCUT2D eigenvalue weighted by atomic mass is 9.84. The van der Waals surface area contributed by atoms with Gasteiger partial charge >= 0.3 is 6.18 Å². The standard InChI is InChI=1S/C16H16F4O2S/c17-14-8-10(16(18,19)20)4-5-13(14)15(21)9-6-11-2-1-3-12(7-9)23(11)22/h4-5,8-9,11-12H,1-3,6-7H2. The van der Waals surface area contributed by atoms with Crippen LogP contribution in [-0.2, 0) is 17.0 Å². The van der Waals surface area contributed by atoms with E-state index in [4.69, 9.17) is 0 Å². The van der Waals surface area contributed by atoms with E-state index in [2.05, 4.69) is 0 Å². The first-order chi connectivity index (χ1) is 10.8. The number of alkyl halides is 3. The van der Waals surface area contributed by atoms with Gasteiger partial charge in [-0.15, -0.1) is 0 Å². The smallest absolute Gasteiger partial charge is 0.294 e. The van der Waals surface area contributed by atoms with E-state index in [-0.39, 0.29) is 16.1 Å². The van der Waals surface area contributed by atoms with Crippen molar-refractivity contribution in [1.82, 2.24) is 0 Å². The summed E-state index contributed by atoms with van der Waals surface area (Å²) in [6.07, 6.45) is -1.20. The maximum atomic E-state index is 14.0. The van der Waals surface area contributed by atoms with Crippen molar-refractivity contribution in [2.45, 2.75) is 48.8 Å². The number of benzene rings is 1. The molecule has 3 rings (SSSR count). The molecule has 0 amide bonds. The molecule has 2 saturated heterocycles. The molecule has 2 aliphatic heterocycles. The van der Waals surface area contributed by atoms with Gasteiger partial charge < -0.3 is 0 Å². The monoisotopic (exact) mass is 348 g/mol. The van der Waals surface area contributed by atoms with Gasteiger partial charge in [0.1, 0.15) is 5.82 Å². The van der Waals surface area contributed by atoms with Crippen LogP contribution in [0, 0.1) is 11.7 Å². The second kappa shape index (κ2) is 6.00. The highest BCUT2D eigenvalue weighted by Crippen LogP contribution is 2.39. The van der Waals surface area contributed by atoms with Gasteiger partial charge in [0.05, 0.1) is 11.1 Å². The van der Waals surface area contributed by atoms with Crippen molar-refractivity contribution >= 4 is 16.6 Å². The van der Waals surface area contributed by atoms with Crippen molar-refractivity contribution < 1.29 is 26.6 Å². The number of hydrogen-bond acceptors (Lipinski definition) is 2. The van der Waals surface area contributed by atoms with Gasteiger partial charge in [-0.25, -0.2) is 4.39 Å². The van der Waals surface area contributed by atoms with E-state index in [1.165, 1.54) is 0 Å². The molecule has 1 aromatic rings. The lowest BCUT2D eigenvalue weighted by molar-refractivity contribution is -0.137. The Morgan fingerprint density at radius 2 is 1.74 bits per heavy atom. The fourth-order valence-electron chi connectivity index (χ4n) is 3.56. The maximum absolute atomic E-state index is 14.0. The highest BCUT2D eigenvalue weighted by Gasteiger charge is 2.41. The third kappa shape index (κ3) is 3.20. The lowest BCUT2D eigenvalue weighted by Crippen LogP contribution is -2.41. The molecular formula is C16H16F4O2S. The Morgan fingerprint density at radius 3 is 2.26 bits per heavy atom. The number of carbonyl (C=O) groups is 1. The van der Waals surface area contributed by atoms with E-state index in [0.717, 1.165) is 31.4 Å². The largest absolute Gasteiger partial charge is 0.416 e. The van der Waals surface area contributed by atoms with Gasteiger partial charge in [0, 0.05) is 27.2 Å². The lowest BCUT2D eigenvalue weighted by Gasteiger charge is -2.37. The van der Waals surface area contributed by atoms with Crippen LogP contribution >= 0.6 is 0 Å². The third-order valence-electron chi connectivity index (χ3n) is 4.74. The average molecular weight is 348 g/mol. The second-order valence-corrected chi connectivity index (χ2v) is 8.22. The zero-order valence-electron chi connectivity index (χ0n) is 12.2. The minimum Gasteiger partial charge on any atom is -0.294 e. The maximum Gasteiger partial charge on any atom is 0.416 e. The molecule has 23 heavy (non-hydrogen) atoms. The first kappa shape index (κ1) is 16.6. The van der Waals surface area contributed by atoms with Gasteiger partial charge in [-0.1, -0.05) is 6.42 Å². The van der Waals surface area contributed by atoms with Crippen LogP contribution < -0.4 is 0 Å². The Bertz CT molecular complexity index is 640. The molecule has 7 heteroatoms. The Balaban J connectivity index is 1.82. The number of carbonyl (C=O) groups excluding carboxylic acids is 1. The molecule has 2 heterocycles. The SMILES string of the molecule is O=C(c1ccc(C(F)(F)F)cc1F)C1CC2CCCC(C1)S2=O. The molecule has 2 aliphatic rings. The average Bonchev–Trinajstić information content (AvgIpc) is 2.45. The molecule has 0 saturated carbocycles. The molecular weight excluding hydrogens is 332 g/mol. The molecule has 0 N–H and O–H groups in total. The van der Waals surface area contributed by atoms with Crippen LogP contribution in [0.1, 0.15) is 48.0 Å². The normalized spacial score (nSPS) is 31.0. The Morgan fingerprint density at radius 1 is 1.13 bits per heavy atom. The summed E-state index contributed by atoms with van der Waals surface area (Å²) in [4.78, 5) is 12.5. The molecule has 0 radical (unpaired) electrons. The molecule has 0 spiro atoms. The van der Waals surface area contributed by atoms with Crippen LogP contribution in [-0.4, -0.2) is 20.5 Å². The Kier molecular flexibility index (Phi) is 4.33. The van der Waals surface area contributed by atoms with Crippen molar-refractivity contribution in [3.05, 3.63) is 35.1 Å². The molecule has 2 fully saturated rings. The zero-order chi connectivity index (χ0) is 16.8. The summed E-state index contributed by atoms with van der Waals surface area (Å²) in [5, 5.41) is -0.0945. The quantitative estimate of drug-likeness (QED) is 0.595. The van der Waals surface area contributed by atoms with Crippen LogP contribution in [0.4, 0.5) is 17.6 Å². The summed E-state index contributed by atoms with van der Waals surface area (Å²) in [5.74, 6) is -2.05. The number of ketones is 1. The first-order valence-corrected chi connectivity index (χ1v) is 8.85. The molecule has 126 valence electrons. The van der Waals surface area contributed by atoms with Gasteiger partial charge in [0.25, 0.3) is 0 Å². The summed E-state index contributed by atoms with van der Waals surface area (Å²) < 4.78 is 63.8. The topological polar surface area (TPSA) is 34.1 Å². The van der Waals surface area contributed by atoms with Gasteiger partial charge in [-0.05, 0) is 43.9 Å². The fourth-order valence-corrected chi connectivity index (χ4v) is 5.75. The van der Waals surface area contributed by atoms with Gasteiger partial charge in [-0.3, -0.25) is 9.00 Å². The molecule has 2 nitrogen and oxygen atoms in total. The van der Waals surface area contributed by atoms with Crippen LogP contribution in [0.5, 0.6) is 0 Å². The number of hydrogen-bond donors (Lipinski definition) is 0. The number of fused-ring (bicyclic) bond motifs is 2. The van der Waals surface area contributed by atoms with Crippen molar-refractivity contribution in [1.29, 1.82) is 0 Å². The Hall–Kier alpha value is -1.24. The summed E-state index contributed by atoms with van der Waals surface area (Å²) in [7, 11) is -0.945. The summed E-state index contributed by atoms with van der Waals surface area (Å²) >= 11 is 0. The molecule has 2 bridgehead atoms. The summed E-state index contributed by atoms with van der Waals surface area (Å²) in [6.45, 7) is 0. The number of Topliss-reactive ketones (excluding diaryl/α,β-unsaturated/α-hetero) is 1. The van der Waals surface area contributed by atoms with Crippen LogP contribution in [0.15, 0.2) is 18.2 Å². The van der Waals surface area contributed by atoms with Crippen LogP contribution in [0.25, 0.3) is 0 Å². The molecule has 1 aromatic carbocycles. The van der Waals surface area contributed by atoms with Crippen LogP contribution in [0.3, 0.4) is 0 Å². The second-order valence-electron chi connectivity index (χ2n) is 6.23. The van der Waals surface area contributed by atoms with Gasteiger partial charge in [0.15, 0.2) is 5.78 Å². The molecule has 0 aromatic heterocycles. The number of halogens is 4. The van der Waals surface area contributed by atoms with Crippen molar-refractivity contribution in [3.8, 4) is 0 Å². The van der Waals surface area contributed by atoms with E-state index in [1.807, 2.05) is 0 Å². The molecule has 2 unspecified atom stereocenters. The highest BCUT2D eigenvalue weighted by molar-refractivity contribution is 7.86. The minimum atomic E-state index is -4.64. The van der Waals surface area contributed by atoms with E-state index in [0.29, 0.717) is 18.9 Å². The van der Waals surface area contributed by atoms with E-state index < -0.39 is 40.1 Å². The Labute approximate surface area is 133 Å². The summed E-state index contributed by atoms with van der Waals surface area (Å²) in [6, 6.07) is 2.02. The zero-order valence-corrected chi connectivity index (χ0v) is 13.1. The predicted molar refractivity (Wildman–Crippen MR) is 78.0 cm³/mol. The fraction of sp³-hybridized carbons (Fsp3) is 0.562. The van der Waals surface area contributed by atoms with E-state index >= 15 is 0 Å². The minimum absolute atomic E-state index is 0.0473. The first-order valence-electron chi connectivity index (χ1n) is 7.57. The van der Waals surface area contributed by atoms with E-state index in [9.17, 15) is 26.6 Å². The number of rotatable bonds is 2. The third-order valence-corrected chi connectivity index (χ3v) is 6.91. The van der Waals surface area contributed by atoms with E-state index in [1.54, 1.807) is 0 Å². The predicted octanol–water partition coefficient (Wildman–Crippen LogP) is 4.11. The van der Waals surface area contributed by atoms with Crippen molar-refractivity contribution in [2.75, 3.05) is 0 Å². The molecule has 0 aliphatic carbocycles. The van der Waals surface area contributed by atoms with Crippen molar-refractivity contribution in [3.63, 3.8) is 0 Å². The molecule has 2 atom stereocenters. The van der Waals surface area contributed by atoms with Gasteiger partial charge in [0.2, 0.25) is 0 Å². The van der Waals surface area contributed by atoms with Gasteiger partial charge in [-0.2, -0.15) is 13.2 Å². The highest BCUT2D eigenvalue weighted by atomic mass is 32.2. The van der Waals surface area contributed by atoms with Crippen LogP contribution in [0.2, 0.25) is 0 Å². The summed E-state index contributed by atoms with van der Waals surface area (Å²) in [5.41, 5.74) is -1.40.